The van der Waals surface area contributed by atoms with Crippen LogP contribution in [0.2, 0.25) is 0 Å². The number of ketones is 2. The van der Waals surface area contributed by atoms with Crippen LogP contribution in [-0.2, 0) is 39.9 Å². The van der Waals surface area contributed by atoms with E-state index in [4.69, 9.17) is 9.47 Å². The lowest BCUT2D eigenvalue weighted by Gasteiger charge is -2.63. The first kappa shape index (κ1) is 42.0. The number of allylic oxidation sites excluding steroid dienone is 4. The summed E-state index contributed by atoms with van der Waals surface area (Å²) in [5.74, 6) is -4.09. The third kappa shape index (κ3) is 6.66. The molecule has 0 aromatic heterocycles. The fourth-order valence-corrected chi connectivity index (χ4v) is 10.7. The molecule has 0 unspecified atom stereocenters. The van der Waals surface area contributed by atoms with Crippen LogP contribution in [0.4, 0.5) is 14.5 Å². The van der Waals surface area contributed by atoms with Crippen molar-refractivity contribution in [2.45, 2.75) is 101 Å². The number of hydrogen-bond acceptors (Lipinski definition) is 9. The van der Waals surface area contributed by atoms with Crippen molar-refractivity contribution in [3.63, 3.8) is 0 Å². The molecular weight excluding hydrogens is 820 g/mol. The van der Waals surface area contributed by atoms with Crippen molar-refractivity contribution in [3.05, 3.63) is 89.0 Å². The number of aliphatic hydroxyl groups excluding tert-OH is 2. The van der Waals surface area contributed by atoms with Crippen LogP contribution in [0.1, 0.15) is 69.9 Å². The fourth-order valence-electron chi connectivity index (χ4n) is 10.5. The maximum Gasteiger partial charge on any atom is 0.246 e. The number of carbonyl (C=O) groups excluding carboxylic acids is 5. The topological polar surface area (TPSA) is 180 Å². The lowest BCUT2D eigenvalue weighted by molar-refractivity contribution is -0.235. The maximum absolute atomic E-state index is 17.7. The van der Waals surface area contributed by atoms with Gasteiger partial charge in [-0.1, -0.05) is 65.3 Å². The second-order valence-electron chi connectivity index (χ2n) is 16.7. The highest BCUT2D eigenvalue weighted by molar-refractivity contribution is 9.09. The van der Waals surface area contributed by atoms with Gasteiger partial charge in [0.25, 0.3) is 0 Å². The van der Waals surface area contributed by atoms with E-state index in [2.05, 4.69) is 31.9 Å². The normalized spacial score (nSPS) is 35.7. The molecule has 7 rings (SSSR count). The summed E-state index contributed by atoms with van der Waals surface area (Å²) in [7, 11) is 0. The predicted molar refractivity (Wildman–Crippen MR) is 211 cm³/mol. The molecule has 4 aliphatic carbocycles. The number of anilines is 1. The van der Waals surface area contributed by atoms with Gasteiger partial charge >= 0.3 is 0 Å². The molecule has 12 atom stereocenters. The minimum absolute atomic E-state index is 0.00791. The molecule has 1 aliphatic heterocycles. The van der Waals surface area contributed by atoms with Gasteiger partial charge in [0.1, 0.15) is 24.9 Å². The van der Waals surface area contributed by atoms with E-state index in [1.165, 1.54) is 32.9 Å². The Hall–Kier alpha value is -4.15. The quantitative estimate of drug-likeness (QED) is 0.207. The minimum atomic E-state index is -2.34. The fraction of sp³-hybridized carbons (Fsp3) is 0.512. The average molecular weight is 869 g/mol. The Labute approximate surface area is 343 Å². The number of ether oxygens (including phenoxy) is 2. The number of nitrogens with one attached hydrogen (secondary N) is 3. The number of Topliss-reactive ketones (excluding diaryl/α,β-unsaturated/α-hetero) is 1. The maximum atomic E-state index is 17.7. The molecule has 0 bridgehead atoms. The van der Waals surface area contributed by atoms with Gasteiger partial charge in [0.2, 0.25) is 17.7 Å². The van der Waals surface area contributed by atoms with E-state index in [0.717, 1.165) is 17.2 Å². The Morgan fingerprint density at radius 3 is 2.38 bits per heavy atom. The first-order valence-corrected chi connectivity index (χ1v) is 20.6. The second kappa shape index (κ2) is 15.5. The SMILES string of the molecule is C[C@H](NC(=O)CBr)C(=O)N[C@@H](C)C(=O)Nc1ccc(Cc2cccc([C@@H]3O[C@@H]4C[C@H]5[C@@H]6C[C@H](F)C7=CC(=O)C=C[C@]7(C)[C@@]6(F)[C@@H](O)C[C@]5(C)[C@]4(C(=O)CO)O3)c2)cc1. The molecule has 2 aromatic rings. The van der Waals surface area contributed by atoms with E-state index in [0.29, 0.717) is 17.7 Å². The molecule has 12 nitrogen and oxygen atoms in total. The molecule has 3 amide bonds. The standard InChI is InChI=1S/C43H48BrF2N3O9/c1-22(47-36(54)20-44)37(55)48-23(2)38(56)49-27-10-8-24(9-11-27)14-25-6-5-7-26(15-25)39-57-35-18-29-30-17-32(45)31-16-28(51)12-13-40(31,3)42(30,46)33(52)19-41(29,4)43(35,58-39)34(53)21-50/h5-13,15-16,22-23,29-30,32-33,35,39,50,52H,14,17-21H2,1-4H3,(H,47,54)(H,48,55)(H,49,56)/t22-,23-,29-,30-,32-,33-,35+,39+,40-,41-,42-,43+/m0/s1. The van der Waals surface area contributed by atoms with Crippen LogP contribution < -0.4 is 16.0 Å². The third-order valence-corrected chi connectivity index (χ3v) is 13.9. The van der Waals surface area contributed by atoms with Gasteiger partial charge in [-0.25, -0.2) is 8.78 Å². The molecule has 1 heterocycles. The van der Waals surface area contributed by atoms with Gasteiger partial charge in [0.15, 0.2) is 29.1 Å². The highest BCUT2D eigenvalue weighted by Crippen LogP contribution is 2.72. The van der Waals surface area contributed by atoms with E-state index < -0.39 is 101 Å². The van der Waals surface area contributed by atoms with Crippen molar-refractivity contribution < 1.29 is 52.4 Å². The Kier molecular flexibility index (Phi) is 11.2. The summed E-state index contributed by atoms with van der Waals surface area (Å²) >= 11 is 3.03. The summed E-state index contributed by atoms with van der Waals surface area (Å²) < 4.78 is 46.8. The van der Waals surface area contributed by atoms with Crippen LogP contribution in [0.3, 0.4) is 0 Å². The van der Waals surface area contributed by atoms with Gasteiger partial charge in [-0.05, 0) is 93.4 Å². The number of alkyl halides is 3. The lowest BCUT2D eigenvalue weighted by Crippen LogP contribution is -2.70. The smallest absolute Gasteiger partial charge is 0.246 e. The Morgan fingerprint density at radius 2 is 1.69 bits per heavy atom. The van der Waals surface area contributed by atoms with Gasteiger partial charge < -0.3 is 35.6 Å². The van der Waals surface area contributed by atoms with Crippen molar-refractivity contribution in [1.29, 1.82) is 0 Å². The van der Waals surface area contributed by atoms with Crippen LogP contribution in [0.5, 0.6) is 0 Å². The number of aliphatic hydroxyl groups is 2. The van der Waals surface area contributed by atoms with Crippen LogP contribution in [-0.4, -0.2) is 93.2 Å². The van der Waals surface area contributed by atoms with Gasteiger partial charge in [-0.15, -0.1) is 0 Å². The number of rotatable bonds is 11. The van der Waals surface area contributed by atoms with E-state index >= 15 is 8.78 Å². The summed E-state index contributed by atoms with van der Waals surface area (Å²) in [6.07, 6.45) is -1.42. The molecule has 5 N–H and O–H groups in total. The zero-order valence-electron chi connectivity index (χ0n) is 32.6. The molecule has 5 aliphatic rings. The van der Waals surface area contributed by atoms with Gasteiger partial charge in [-0.3, -0.25) is 24.0 Å². The van der Waals surface area contributed by atoms with Crippen LogP contribution in [0.15, 0.2) is 72.3 Å². The molecule has 15 heteroatoms. The predicted octanol–water partition coefficient (Wildman–Crippen LogP) is 4.26. The summed E-state index contributed by atoms with van der Waals surface area (Å²) in [6.45, 7) is 5.44. The van der Waals surface area contributed by atoms with Crippen LogP contribution >= 0.6 is 15.9 Å². The van der Waals surface area contributed by atoms with Gasteiger partial charge in [0, 0.05) is 28.0 Å². The Morgan fingerprint density at radius 1 is 0.983 bits per heavy atom. The molecule has 1 saturated heterocycles. The zero-order chi connectivity index (χ0) is 41.9. The molecule has 0 spiro atoms. The molecular formula is C43H48BrF2N3O9. The first-order chi connectivity index (χ1) is 27.4. The Balaban J connectivity index is 1.05. The zero-order valence-corrected chi connectivity index (χ0v) is 34.2. The highest BCUT2D eigenvalue weighted by Gasteiger charge is 2.80. The number of hydrogen-bond donors (Lipinski definition) is 5. The molecule has 2 aromatic carbocycles. The van der Waals surface area contributed by atoms with E-state index in [-0.39, 0.29) is 36.1 Å². The Bertz CT molecular complexity index is 2080. The highest BCUT2D eigenvalue weighted by atomic mass is 79.9. The lowest BCUT2D eigenvalue weighted by atomic mass is 9.44. The minimum Gasteiger partial charge on any atom is -0.390 e. The summed E-state index contributed by atoms with van der Waals surface area (Å²) in [5.41, 5.74) is -4.00. The van der Waals surface area contributed by atoms with Crippen molar-refractivity contribution in [2.75, 3.05) is 17.3 Å². The largest absolute Gasteiger partial charge is 0.390 e. The number of benzene rings is 2. The van der Waals surface area contributed by atoms with Crippen molar-refractivity contribution in [2.24, 2.45) is 22.7 Å². The third-order valence-electron chi connectivity index (χ3n) is 13.4. The molecule has 58 heavy (non-hydrogen) atoms. The second-order valence-corrected chi connectivity index (χ2v) is 17.3. The van der Waals surface area contributed by atoms with Crippen molar-refractivity contribution >= 4 is 50.9 Å². The van der Waals surface area contributed by atoms with Gasteiger partial charge in [0.05, 0.1) is 17.5 Å². The van der Waals surface area contributed by atoms with E-state index in [9.17, 15) is 34.2 Å². The monoisotopic (exact) mass is 867 g/mol. The van der Waals surface area contributed by atoms with E-state index in [1.807, 2.05) is 30.3 Å². The summed E-state index contributed by atoms with van der Waals surface area (Å²) in [6, 6.07) is 12.9. The average Bonchev–Trinajstić information content (AvgIpc) is 3.70. The first-order valence-electron chi connectivity index (χ1n) is 19.5. The molecule has 310 valence electrons. The number of fused-ring (bicyclic) bond motifs is 7. The molecule has 0 radical (unpaired) electrons. The van der Waals surface area contributed by atoms with Gasteiger partial charge in [-0.2, -0.15) is 0 Å². The van der Waals surface area contributed by atoms with E-state index in [1.54, 1.807) is 25.1 Å². The van der Waals surface area contributed by atoms with Crippen LogP contribution in [0, 0.1) is 22.7 Å². The van der Waals surface area contributed by atoms with Crippen molar-refractivity contribution in [3.8, 4) is 0 Å². The summed E-state index contributed by atoms with van der Waals surface area (Å²) in [4.78, 5) is 62.9. The number of halogens is 3. The number of carbonyl (C=O) groups is 5. The molecule has 4 fully saturated rings. The number of amides is 3. The molecule has 3 saturated carbocycles. The van der Waals surface area contributed by atoms with Crippen molar-refractivity contribution in [1.82, 2.24) is 10.6 Å². The van der Waals surface area contributed by atoms with Crippen LogP contribution in [0.25, 0.3) is 0 Å². The summed E-state index contributed by atoms with van der Waals surface area (Å²) in [5, 5.41) is 30.0.